The van der Waals surface area contributed by atoms with Crippen molar-refractivity contribution in [2.75, 3.05) is 5.73 Å². The lowest BCUT2D eigenvalue weighted by Crippen LogP contribution is -2.04. The van der Waals surface area contributed by atoms with Crippen molar-refractivity contribution in [2.45, 2.75) is 14.7 Å². The van der Waals surface area contributed by atoms with Crippen molar-refractivity contribution in [3.8, 4) is 11.5 Å². The fraction of sp³-hybridized carbons (Fsp3) is 0. The smallest absolute Gasteiger partial charge is 0.337 e. The molecule has 0 saturated carbocycles. The van der Waals surface area contributed by atoms with Gasteiger partial charge in [0.15, 0.2) is 11.5 Å². The van der Waals surface area contributed by atoms with Gasteiger partial charge in [-0.2, -0.15) is 30.4 Å². The van der Waals surface area contributed by atoms with Crippen molar-refractivity contribution < 1.29 is 68.9 Å². The van der Waals surface area contributed by atoms with E-state index >= 15 is 0 Å². The lowest BCUT2D eigenvalue weighted by atomic mass is 10.0. The highest BCUT2D eigenvalue weighted by Crippen LogP contribution is 2.49. The summed E-state index contributed by atoms with van der Waals surface area (Å²) in [6.45, 7) is 0. The molecule has 6 aromatic rings. The van der Waals surface area contributed by atoms with Crippen LogP contribution in [0.15, 0.2) is 130 Å². The number of nitrogen functional groups attached to an aromatic ring is 1. The first-order valence-corrected chi connectivity index (χ1v) is 20.1. The van der Waals surface area contributed by atoms with Crippen LogP contribution in [0.3, 0.4) is 0 Å². The number of nitrogens with two attached hydrogens (primary N) is 1. The van der Waals surface area contributed by atoms with Gasteiger partial charge in [0.05, 0.1) is 27.9 Å². The molecule has 0 aliphatic carbocycles. The molecule has 9 N–H and O–H groups in total. The quantitative estimate of drug-likeness (QED) is 0.0358. The van der Waals surface area contributed by atoms with Gasteiger partial charge in [0.25, 0.3) is 30.4 Å². The molecule has 302 valence electrons. The number of rotatable bonds is 11. The molecule has 0 aromatic heterocycles. The summed E-state index contributed by atoms with van der Waals surface area (Å²) in [4.78, 5) is 19.9. The first-order valence-electron chi connectivity index (χ1n) is 15.8. The van der Waals surface area contributed by atoms with Gasteiger partial charge in [-0.25, -0.2) is 9.59 Å². The fourth-order valence-electron chi connectivity index (χ4n) is 5.60. The molecule has 0 amide bonds. The average Bonchev–Trinajstić information content (AvgIpc) is 3.15. The molecule has 0 radical (unpaired) electrons. The van der Waals surface area contributed by atoms with Crippen LogP contribution in [0.1, 0.15) is 20.7 Å². The minimum atomic E-state index is -5.40. The van der Waals surface area contributed by atoms with Crippen LogP contribution in [-0.2, 0) is 30.4 Å². The van der Waals surface area contributed by atoms with E-state index in [1.165, 1.54) is 48.5 Å². The number of benzene rings is 6. The summed E-state index contributed by atoms with van der Waals surface area (Å²) in [5, 5.41) is 62.2. The number of hydrogen-bond donors (Lipinski definition) is 8. The van der Waals surface area contributed by atoms with E-state index in [1.807, 2.05) is 0 Å². The third-order valence-corrected chi connectivity index (χ3v) is 10.9. The first kappa shape index (κ1) is 41.3. The normalized spacial score (nSPS) is 12.7. The highest BCUT2D eigenvalue weighted by atomic mass is 32.2. The lowest BCUT2D eigenvalue weighted by Gasteiger charge is -2.14. The highest BCUT2D eigenvalue weighted by Gasteiger charge is 2.29. The van der Waals surface area contributed by atoms with Crippen LogP contribution in [0, 0.1) is 0 Å². The standard InChI is InChI=1S/C34H23N7O15S3/c35-28-23(39-37-21-7-3-1-5-18(21)33(44)45)14-24(57(48,49)50)20-13-26(59(54,55)56)30(32(43)27(20)28)40-36-16-9-10-17-15(11-16)12-25(58(51,52)53)29(31(17)42)41-38-22-8-4-2-6-19(22)34(46)47/h1-14,42-43H,35H2,(H,44,45)(H,46,47)(H,48,49,50)(H,51,52,53)(H,54,55,56). The van der Waals surface area contributed by atoms with Gasteiger partial charge >= 0.3 is 11.9 Å². The third-order valence-electron chi connectivity index (χ3n) is 8.24. The van der Waals surface area contributed by atoms with Crippen molar-refractivity contribution >= 4 is 104 Å². The monoisotopic (exact) mass is 865 g/mol. The molecule has 0 unspecified atom stereocenters. The van der Waals surface area contributed by atoms with Crippen LogP contribution in [0.25, 0.3) is 21.5 Å². The minimum absolute atomic E-state index is 0.123. The molecule has 0 spiro atoms. The first-order chi connectivity index (χ1) is 27.6. The van der Waals surface area contributed by atoms with Crippen LogP contribution in [0.5, 0.6) is 11.5 Å². The Balaban J connectivity index is 1.52. The number of anilines is 1. The molecule has 0 fully saturated rings. The molecule has 6 aromatic carbocycles. The number of carboxylic acids is 2. The van der Waals surface area contributed by atoms with Gasteiger partial charge in [0.1, 0.15) is 43.1 Å². The molecular formula is C34H23N7O15S3. The van der Waals surface area contributed by atoms with E-state index in [0.717, 1.165) is 24.3 Å². The topological polar surface area (TPSA) is 378 Å². The maximum atomic E-state index is 12.6. The van der Waals surface area contributed by atoms with Gasteiger partial charge in [-0.15, -0.1) is 25.6 Å². The third kappa shape index (κ3) is 8.26. The van der Waals surface area contributed by atoms with E-state index < -0.39 is 102 Å². The SMILES string of the molecule is Nc1c(N=Nc2ccccc2C(=O)O)cc(S(=O)(=O)O)c2cc(S(=O)(=O)O)c(N=Nc3ccc4c(O)c(N=Nc5ccccc5C(=O)O)c(S(=O)(=O)O)cc4c3)c(O)c12. The van der Waals surface area contributed by atoms with Crippen LogP contribution in [-0.4, -0.2) is 71.3 Å². The van der Waals surface area contributed by atoms with Gasteiger partial charge in [0, 0.05) is 10.8 Å². The number of hydrogen-bond acceptors (Lipinski definition) is 17. The molecule has 0 atom stereocenters. The van der Waals surface area contributed by atoms with Gasteiger partial charge < -0.3 is 26.2 Å². The number of phenols is 2. The van der Waals surface area contributed by atoms with Gasteiger partial charge in [-0.3, -0.25) is 13.7 Å². The van der Waals surface area contributed by atoms with Crippen LogP contribution >= 0.6 is 0 Å². The number of carboxylic acid groups (broad SMARTS) is 2. The minimum Gasteiger partial charge on any atom is -0.505 e. The largest absolute Gasteiger partial charge is 0.505 e. The lowest BCUT2D eigenvalue weighted by molar-refractivity contribution is 0.0687. The molecule has 59 heavy (non-hydrogen) atoms. The zero-order valence-corrected chi connectivity index (χ0v) is 31.4. The Labute approximate surface area is 330 Å². The molecule has 0 aliphatic heterocycles. The second-order valence-corrected chi connectivity index (χ2v) is 16.1. The van der Waals surface area contributed by atoms with E-state index in [-0.39, 0.29) is 39.0 Å². The summed E-state index contributed by atoms with van der Waals surface area (Å²) in [5.41, 5.74) is 1.88. The van der Waals surface area contributed by atoms with Crippen LogP contribution in [0.4, 0.5) is 39.8 Å². The zero-order chi connectivity index (χ0) is 43.2. The highest BCUT2D eigenvalue weighted by molar-refractivity contribution is 7.86. The van der Waals surface area contributed by atoms with Crippen LogP contribution in [0.2, 0.25) is 0 Å². The van der Waals surface area contributed by atoms with E-state index in [2.05, 4.69) is 30.7 Å². The number of fused-ring (bicyclic) bond motifs is 2. The molecule has 22 nitrogen and oxygen atoms in total. The molecule has 25 heteroatoms. The van der Waals surface area contributed by atoms with Crippen LogP contribution < -0.4 is 5.73 Å². The number of aromatic hydroxyl groups is 2. The Kier molecular flexibility index (Phi) is 10.7. The second-order valence-electron chi connectivity index (χ2n) is 11.9. The summed E-state index contributed by atoms with van der Waals surface area (Å²) >= 11 is 0. The number of nitrogens with zero attached hydrogens (tertiary/aromatic N) is 6. The summed E-state index contributed by atoms with van der Waals surface area (Å²) < 4.78 is 105. The van der Waals surface area contributed by atoms with Crippen molar-refractivity contribution in [3.05, 3.63) is 96.1 Å². The van der Waals surface area contributed by atoms with Gasteiger partial charge in [0.2, 0.25) is 0 Å². The molecule has 6 rings (SSSR count). The molecule has 0 aliphatic rings. The number of azo groups is 3. The van der Waals surface area contributed by atoms with Crippen molar-refractivity contribution in [1.82, 2.24) is 0 Å². The van der Waals surface area contributed by atoms with Crippen molar-refractivity contribution in [1.29, 1.82) is 0 Å². The van der Waals surface area contributed by atoms with E-state index in [4.69, 9.17) is 5.73 Å². The summed E-state index contributed by atoms with van der Waals surface area (Å²) in [6, 6.07) is 15.8. The Bertz CT molecular complexity index is 3250. The zero-order valence-electron chi connectivity index (χ0n) is 29.0. The fourth-order valence-corrected chi connectivity index (χ4v) is 7.60. The van der Waals surface area contributed by atoms with E-state index in [9.17, 15) is 68.9 Å². The number of phenolic OH excluding ortho intramolecular Hbond substituents is 2. The second kappa shape index (κ2) is 15.2. The van der Waals surface area contributed by atoms with Crippen molar-refractivity contribution in [3.63, 3.8) is 0 Å². The molecule has 0 saturated heterocycles. The van der Waals surface area contributed by atoms with Gasteiger partial charge in [-0.05, 0) is 66.0 Å². The number of carbonyl (C=O) groups is 2. The predicted octanol–water partition coefficient (Wildman–Crippen LogP) is 7.37. The Morgan fingerprint density at radius 2 is 0.983 bits per heavy atom. The summed E-state index contributed by atoms with van der Waals surface area (Å²) in [6.07, 6.45) is 0. The average molecular weight is 866 g/mol. The summed E-state index contributed by atoms with van der Waals surface area (Å²) in [5.74, 6) is -4.86. The Hall–Kier alpha value is -7.29. The number of aromatic carboxylic acids is 2. The van der Waals surface area contributed by atoms with Gasteiger partial charge in [-0.1, -0.05) is 24.3 Å². The molecular weight excluding hydrogens is 843 g/mol. The predicted molar refractivity (Wildman–Crippen MR) is 204 cm³/mol. The van der Waals surface area contributed by atoms with E-state index in [1.54, 1.807) is 0 Å². The Morgan fingerprint density at radius 3 is 1.53 bits per heavy atom. The Morgan fingerprint density at radius 1 is 0.508 bits per heavy atom. The molecule has 0 bridgehead atoms. The molecule has 0 heterocycles. The maximum Gasteiger partial charge on any atom is 0.337 e. The van der Waals surface area contributed by atoms with E-state index in [0.29, 0.717) is 12.1 Å². The maximum absolute atomic E-state index is 12.6. The van der Waals surface area contributed by atoms with Crippen molar-refractivity contribution in [2.24, 2.45) is 30.7 Å². The summed E-state index contributed by atoms with van der Waals surface area (Å²) in [7, 11) is -15.9.